The van der Waals surface area contributed by atoms with E-state index in [9.17, 15) is 0 Å². The number of nitrogens with zero attached hydrogens (tertiary/aromatic N) is 6. The summed E-state index contributed by atoms with van der Waals surface area (Å²) in [6.45, 7) is 0.608. The van der Waals surface area contributed by atoms with Gasteiger partial charge in [0, 0.05) is 25.9 Å². The standard InChI is InChI=1S/C15H18N6/c1-20-11-10-16-15(20)12-21-14(17-18-19-21)9-5-8-13-6-3-2-4-7-13/h2-4,6-7,10-11H,5,8-9,12H2,1H3. The predicted octanol–water partition coefficient (Wildman–Crippen LogP) is 1.63. The molecule has 21 heavy (non-hydrogen) atoms. The average Bonchev–Trinajstić information content (AvgIpc) is 3.11. The van der Waals surface area contributed by atoms with E-state index in [-0.39, 0.29) is 0 Å². The van der Waals surface area contributed by atoms with Crippen LogP contribution in [0.1, 0.15) is 23.6 Å². The van der Waals surface area contributed by atoms with Gasteiger partial charge in [-0.25, -0.2) is 9.67 Å². The van der Waals surface area contributed by atoms with Crippen LogP contribution in [-0.2, 0) is 26.4 Å². The van der Waals surface area contributed by atoms with Crippen LogP contribution in [0.2, 0.25) is 0 Å². The molecule has 0 fully saturated rings. The highest BCUT2D eigenvalue weighted by Crippen LogP contribution is 2.07. The largest absolute Gasteiger partial charge is 0.336 e. The lowest BCUT2D eigenvalue weighted by Gasteiger charge is -2.05. The Kier molecular flexibility index (Phi) is 4.04. The fraction of sp³-hybridized carbons (Fsp3) is 0.333. The van der Waals surface area contributed by atoms with Crippen LogP contribution in [-0.4, -0.2) is 29.8 Å². The highest BCUT2D eigenvalue weighted by Gasteiger charge is 2.09. The van der Waals surface area contributed by atoms with Gasteiger partial charge in [-0.05, 0) is 28.8 Å². The van der Waals surface area contributed by atoms with Gasteiger partial charge in [0.2, 0.25) is 0 Å². The van der Waals surface area contributed by atoms with E-state index in [2.05, 4.69) is 44.8 Å². The van der Waals surface area contributed by atoms with E-state index in [1.54, 1.807) is 6.20 Å². The SMILES string of the molecule is Cn1ccnc1Cn1nnnc1CCCc1ccccc1. The summed E-state index contributed by atoms with van der Waals surface area (Å²) in [4.78, 5) is 4.31. The van der Waals surface area contributed by atoms with Gasteiger partial charge in [-0.2, -0.15) is 0 Å². The minimum atomic E-state index is 0.608. The van der Waals surface area contributed by atoms with Gasteiger partial charge in [0.15, 0.2) is 5.82 Å². The molecule has 2 heterocycles. The van der Waals surface area contributed by atoms with Crippen LogP contribution in [0, 0.1) is 0 Å². The minimum absolute atomic E-state index is 0.608. The predicted molar refractivity (Wildman–Crippen MR) is 78.6 cm³/mol. The molecule has 0 aliphatic rings. The van der Waals surface area contributed by atoms with Crippen molar-refractivity contribution in [3.05, 3.63) is 59.9 Å². The van der Waals surface area contributed by atoms with E-state index in [0.717, 1.165) is 30.9 Å². The first-order valence-electron chi connectivity index (χ1n) is 7.08. The zero-order chi connectivity index (χ0) is 14.5. The maximum Gasteiger partial charge on any atom is 0.151 e. The Hall–Kier alpha value is -2.50. The van der Waals surface area contributed by atoms with Crippen molar-refractivity contribution in [1.29, 1.82) is 0 Å². The van der Waals surface area contributed by atoms with Gasteiger partial charge >= 0.3 is 0 Å². The van der Waals surface area contributed by atoms with Gasteiger partial charge in [0.1, 0.15) is 12.4 Å². The molecule has 3 rings (SSSR count). The minimum Gasteiger partial charge on any atom is -0.336 e. The summed E-state index contributed by atoms with van der Waals surface area (Å²) in [5.74, 6) is 1.86. The smallest absolute Gasteiger partial charge is 0.151 e. The average molecular weight is 282 g/mol. The fourth-order valence-electron chi connectivity index (χ4n) is 2.30. The zero-order valence-corrected chi connectivity index (χ0v) is 12.1. The summed E-state index contributed by atoms with van der Waals surface area (Å²) in [6, 6.07) is 10.5. The molecule has 0 N–H and O–H groups in total. The van der Waals surface area contributed by atoms with Crippen molar-refractivity contribution in [2.75, 3.05) is 0 Å². The summed E-state index contributed by atoms with van der Waals surface area (Å²) in [5.41, 5.74) is 1.35. The third-order valence-electron chi connectivity index (χ3n) is 3.53. The van der Waals surface area contributed by atoms with Crippen molar-refractivity contribution < 1.29 is 0 Å². The highest BCUT2D eigenvalue weighted by molar-refractivity contribution is 5.14. The number of hydrogen-bond acceptors (Lipinski definition) is 4. The van der Waals surface area contributed by atoms with Gasteiger partial charge < -0.3 is 4.57 Å². The molecular weight excluding hydrogens is 264 g/mol. The number of tetrazole rings is 1. The molecule has 0 unspecified atom stereocenters. The van der Waals surface area contributed by atoms with E-state index < -0.39 is 0 Å². The molecule has 0 saturated heterocycles. The Morgan fingerprint density at radius 3 is 2.67 bits per heavy atom. The molecule has 3 aromatic rings. The number of benzene rings is 1. The van der Waals surface area contributed by atoms with Crippen molar-refractivity contribution in [2.24, 2.45) is 7.05 Å². The molecular formula is C15H18N6. The van der Waals surface area contributed by atoms with Gasteiger partial charge in [0.25, 0.3) is 0 Å². The van der Waals surface area contributed by atoms with Crippen LogP contribution in [0.5, 0.6) is 0 Å². The van der Waals surface area contributed by atoms with Crippen LogP contribution in [0.3, 0.4) is 0 Å². The van der Waals surface area contributed by atoms with Crippen molar-refractivity contribution in [2.45, 2.75) is 25.8 Å². The molecule has 2 aromatic heterocycles. The van der Waals surface area contributed by atoms with E-state index in [4.69, 9.17) is 0 Å². The molecule has 6 nitrogen and oxygen atoms in total. The van der Waals surface area contributed by atoms with Crippen LogP contribution in [0.25, 0.3) is 0 Å². The van der Waals surface area contributed by atoms with Gasteiger partial charge in [-0.3, -0.25) is 0 Å². The summed E-state index contributed by atoms with van der Waals surface area (Å²) < 4.78 is 3.81. The second-order valence-corrected chi connectivity index (χ2v) is 5.05. The van der Waals surface area contributed by atoms with Crippen LogP contribution >= 0.6 is 0 Å². The van der Waals surface area contributed by atoms with Crippen molar-refractivity contribution in [3.63, 3.8) is 0 Å². The molecule has 0 spiro atoms. The van der Waals surface area contributed by atoms with E-state index in [1.165, 1.54) is 5.56 Å². The van der Waals surface area contributed by atoms with Crippen molar-refractivity contribution in [1.82, 2.24) is 29.8 Å². The summed E-state index contributed by atoms with van der Waals surface area (Å²) in [7, 11) is 1.97. The van der Waals surface area contributed by atoms with E-state index in [1.807, 2.05) is 28.6 Å². The second-order valence-electron chi connectivity index (χ2n) is 5.05. The van der Waals surface area contributed by atoms with Crippen LogP contribution in [0.4, 0.5) is 0 Å². The van der Waals surface area contributed by atoms with Crippen LogP contribution in [0.15, 0.2) is 42.7 Å². The summed E-state index contributed by atoms with van der Waals surface area (Å²) in [5, 5.41) is 12.0. The summed E-state index contributed by atoms with van der Waals surface area (Å²) >= 11 is 0. The molecule has 108 valence electrons. The Labute approximate surface area is 123 Å². The Morgan fingerprint density at radius 1 is 1.05 bits per heavy atom. The highest BCUT2D eigenvalue weighted by atomic mass is 15.5. The Morgan fingerprint density at radius 2 is 1.90 bits per heavy atom. The first-order chi connectivity index (χ1) is 10.3. The quantitative estimate of drug-likeness (QED) is 0.689. The van der Waals surface area contributed by atoms with Gasteiger partial charge in [-0.1, -0.05) is 30.3 Å². The van der Waals surface area contributed by atoms with Gasteiger partial charge in [0.05, 0.1) is 0 Å². The molecule has 1 aromatic carbocycles. The third kappa shape index (κ3) is 3.34. The number of aromatic nitrogens is 6. The fourth-order valence-corrected chi connectivity index (χ4v) is 2.30. The Bertz CT molecular complexity index is 685. The molecule has 0 aliphatic carbocycles. The maximum atomic E-state index is 4.31. The molecule has 6 heteroatoms. The third-order valence-corrected chi connectivity index (χ3v) is 3.53. The Balaban J connectivity index is 1.59. The topological polar surface area (TPSA) is 61.4 Å². The number of imidazole rings is 1. The number of hydrogen-bond donors (Lipinski definition) is 0. The van der Waals surface area contributed by atoms with Crippen molar-refractivity contribution in [3.8, 4) is 0 Å². The zero-order valence-electron chi connectivity index (χ0n) is 12.1. The monoisotopic (exact) mass is 282 g/mol. The molecule has 0 amide bonds. The molecule has 0 radical (unpaired) electrons. The van der Waals surface area contributed by atoms with E-state index in [0.29, 0.717) is 6.54 Å². The lowest BCUT2D eigenvalue weighted by atomic mass is 10.1. The normalized spacial score (nSPS) is 10.9. The second kappa shape index (κ2) is 6.30. The van der Waals surface area contributed by atoms with Crippen molar-refractivity contribution >= 4 is 0 Å². The molecule has 0 saturated carbocycles. The molecule has 0 bridgehead atoms. The summed E-state index contributed by atoms with van der Waals surface area (Å²) in [6.07, 6.45) is 6.65. The van der Waals surface area contributed by atoms with Gasteiger partial charge in [-0.15, -0.1) is 5.10 Å². The lowest BCUT2D eigenvalue weighted by Crippen LogP contribution is -2.11. The molecule has 0 aliphatic heterocycles. The first-order valence-corrected chi connectivity index (χ1v) is 7.08. The lowest BCUT2D eigenvalue weighted by molar-refractivity contribution is 0.575. The number of aryl methyl sites for hydroxylation is 3. The van der Waals surface area contributed by atoms with E-state index >= 15 is 0 Å². The maximum absolute atomic E-state index is 4.31. The molecule has 0 atom stereocenters. The first kappa shape index (κ1) is 13.5. The van der Waals surface area contributed by atoms with Crippen LogP contribution < -0.4 is 0 Å². The number of rotatable bonds is 6.